The Labute approximate surface area is 168 Å². The van der Waals surface area contributed by atoms with E-state index in [1.165, 1.54) is 70.6 Å². The number of hydrogen-bond donors (Lipinski definition) is 0. The van der Waals surface area contributed by atoms with Gasteiger partial charge < -0.3 is 9.47 Å². The highest BCUT2D eigenvalue weighted by molar-refractivity contribution is 5.69. The van der Waals surface area contributed by atoms with Crippen molar-refractivity contribution in [2.24, 2.45) is 5.92 Å². The van der Waals surface area contributed by atoms with E-state index in [4.69, 9.17) is 9.47 Å². The van der Waals surface area contributed by atoms with E-state index in [0.717, 1.165) is 38.9 Å². The number of carbonyl (C=O) groups is 1. The van der Waals surface area contributed by atoms with Gasteiger partial charge in [0.2, 0.25) is 0 Å². The molecule has 0 aromatic rings. The number of unbranched alkanes of at least 4 members (excludes halogenated alkanes) is 11. The molecule has 1 aliphatic rings. The summed E-state index contributed by atoms with van der Waals surface area (Å²) < 4.78 is 10.8. The van der Waals surface area contributed by atoms with E-state index in [9.17, 15) is 4.79 Å². The molecule has 3 heteroatoms. The number of ether oxygens (including phenoxy) is 2. The molecule has 1 fully saturated rings. The van der Waals surface area contributed by atoms with Crippen LogP contribution in [0.5, 0.6) is 0 Å². The van der Waals surface area contributed by atoms with Crippen molar-refractivity contribution < 1.29 is 14.3 Å². The van der Waals surface area contributed by atoms with E-state index >= 15 is 0 Å². The summed E-state index contributed by atoms with van der Waals surface area (Å²) in [5.74, 6) is 0.384. The van der Waals surface area contributed by atoms with Gasteiger partial charge in [0.25, 0.3) is 0 Å². The molecule has 1 unspecified atom stereocenters. The Kier molecular flexibility index (Phi) is 16.6. The lowest BCUT2D eigenvalue weighted by atomic mass is 10.0. The smallest absolute Gasteiger partial charge is 0.305 e. The van der Waals surface area contributed by atoms with Crippen LogP contribution in [0.15, 0.2) is 12.2 Å². The van der Waals surface area contributed by atoms with Crippen LogP contribution >= 0.6 is 0 Å². The number of rotatable bonds is 17. The van der Waals surface area contributed by atoms with Crippen molar-refractivity contribution in [3.05, 3.63) is 12.2 Å². The predicted molar refractivity (Wildman–Crippen MR) is 114 cm³/mol. The highest BCUT2D eigenvalue weighted by Gasteiger charge is 2.15. The van der Waals surface area contributed by atoms with E-state index < -0.39 is 0 Å². The van der Waals surface area contributed by atoms with Gasteiger partial charge in [-0.05, 0) is 44.9 Å². The Balaban J connectivity index is 1.78. The molecule has 0 aromatic heterocycles. The normalized spacial score (nSPS) is 17.4. The van der Waals surface area contributed by atoms with Crippen LogP contribution in [-0.2, 0) is 14.3 Å². The van der Waals surface area contributed by atoms with Gasteiger partial charge >= 0.3 is 5.97 Å². The van der Waals surface area contributed by atoms with Gasteiger partial charge in [-0.2, -0.15) is 0 Å². The molecule has 27 heavy (non-hydrogen) atoms. The van der Waals surface area contributed by atoms with E-state index in [1.807, 2.05) is 0 Å². The minimum Gasteiger partial charge on any atom is -0.465 e. The zero-order valence-electron chi connectivity index (χ0n) is 17.9. The minimum atomic E-state index is -0.0294. The van der Waals surface area contributed by atoms with Crippen molar-refractivity contribution in [3.8, 4) is 0 Å². The molecule has 0 spiro atoms. The van der Waals surface area contributed by atoms with Gasteiger partial charge in [0.05, 0.1) is 13.2 Å². The standard InChI is InChI=1S/C24H44O3/c1-2-3-4-5-6-7-8-9-10-11-12-13-14-15-16-19-24(25)27-22-23-18-17-20-26-21-23/h9-10,23H,2-8,11-22H2,1H3. The van der Waals surface area contributed by atoms with Crippen molar-refractivity contribution in [1.82, 2.24) is 0 Å². The number of esters is 1. The maximum atomic E-state index is 11.7. The Hall–Kier alpha value is -0.830. The second kappa shape index (κ2) is 18.5. The largest absolute Gasteiger partial charge is 0.465 e. The maximum Gasteiger partial charge on any atom is 0.305 e. The Morgan fingerprint density at radius 2 is 1.56 bits per heavy atom. The molecule has 1 atom stereocenters. The molecular weight excluding hydrogens is 336 g/mol. The molecule has 0 saturated carbocycles. The SMILES string of the molecule is CCCCCCCCC=CCCCCCCCC(=O)OCC1CCCOC1. The molecule has 158 valence electrons. The van der Waals surface area contributed by atoms with E-state index in [1.54, 1.807) is 0 Å². The Morgan fingerprint density at radius 1 is 0.926 bits per heavy atom. The average molecular weight is 381 g/mol. The fraction of sp³-hybridized carbons (Fsp3) is 0.875. The molecule has 0 aromatic carbocycles. The number of allylic oxidation sites excluding steroid dienone is 2. The van der Waals surface area contributed by atoms with Crippen molar-refractivity contribution in [2.45, 2.75) is 110 Å². The molecule has 0 bridgehead atoms. The maximum absolute atomic E-state index is 11.7. The summed E-state index contributed by atoms with van der Waals surface area (Å²) in [5, 5.41) is 0. The zero-order chi connectivity index (χ0) is 19.4. The van der Waals surface area contributed by atoms with Gasteiger partial charge in [-0.3, -0.25) is 4.79 Å². The zero-order valence-corrected chi connectivity index (χ0v) is 17.9. The Bertz CT molecular complexity index is 359. The fourth-order valence-electron chi connectivity index (χ4n) is 3.56. The molecular formula is C24H44O3. The monoisotopic (exact) mass is 380 g/mol. The van der Waals surface area contributed by atoms with E-state index in [2.05, 4.69) is 19.1 Å². The summed E-state index contributed by atoms with van der Waals surface area (Å²) in [6.07, 6.45) is 24.2. The van der Waals surface area contributed by atoms with Gasteiger partial charge in [0.1, 0.15) is 0 Å². The summed E-state index contributed by atoms with van der Waals surface area (Å²) in [6.45, 7) is 4.43. The van der Waals surface area contributed by atoms with Gasteiger partial charge in [-0.25, -0.2) is 0 Å². The molecule has 0 radical (unpaired) electrons. The molecule has 3 nitrogen and oxygen atoms in total. The molecule has 1 aliphatic heterocycles. The number of carbonyl (C=O) groups excluding carboxylic acids is 1. The topological polar surface area (TPSA) is 35.5 Å². The third kappa shape index (κ3) is 15.9. The number of hydrogen-bond acceptors (Lipinski definition) is 3. The van der Waals surface area contributed by atoms with Crippen molar-refractivity contribution in [1.29, 1.82) is 0 Å². The van der Waals surface area contributed by atoms with Crippen molar-refractivity contribution in [3.63, 3.8) is 0 Å². The molecule has 0 N–H and O–H groups in total. The van der Waals surface area contributed by atoms with Crippen LogP contribution in [0, 0.1) is 5.92 Å². The highest BCUT2D eigenvalue weighted by atomic mass is 16.5. The first-order chi connectivity index (χ1) is 13.3. The average Bonchev–Trinajstić information content (AvgIpc) is 2.70. The summed E-state index contributed by atoms with van der Waals surface area (Å²) in [4.78, 5) is 11.7. The van der Waals surface area contributed by atoms with Crippen LogP contribution in [0.4, 0.5) is 0 Å². The highest BCUT2D eigenvalue weighted by Crippen LogP contribution is 2.14. The molecule has 1 heterocycles. The van der Waals surface area contributed by atoms with Crippen LogP contribution in [0.25, 0.3) is 0 Å². The van der Waals surface area contributed by atoms with E-state index in [-0.39, 0.29) is 5.97 Å². The Morgan fingerprint density at radius 3 is 2.19 bits per heavy atom. The van der Waals surface area contributed by atoms with Gasteiger partial charge in [0.15, 0.2) is 0 Å². The van der Waals surface area contributed by atoms with E-state index in [0.29, 0.717) is 18.9 Å². The second-order valence-electron chi connectivity index (χ2n) is 8.10. The predicted octanol–water partition coefficient (Wildman–Crippen LogP) is 6.99. The van der Waals surface area contributed by atoms with Crippen molar-refractivity contribution >= 4 is 5.97 Å². The quantitative estimate of drug-likeness (QED) is 0.155. The third-order valence-corrected chi connectivity index (χ3v) is 5.38. The lowest BCUT2D eigenvalue weighted by molar-refractivity contribution is -0.146. The summed E-state index contributed by atoms with van der Waals surface area (Å²) in [7, 11) is 0. The summed E-state index contributed by atoms with van der Waals surface area (Å²) >= 11 is 0. The summed E-state index contributed by atoms with van der Waals surface area (Å²) in [5.41, 5.74) is 0. The molecule has 1 rings (SSSR count). The first kappa shape index (κ1) is 24.2. The van der Waals surface area contributed by atoms with Gasteiger partial charge in [-0.15, -0.1) is 0 Å². The van der Waals surface area contributed by atoms with Crippen LogP contribution in [0.1, 0.15) is 110 Å². The first-order valence-electron chi connectivity index (χ1n) is 11.7. The van der Waals surface area contributed by atoms with Gasteiger partial charge in [0, 0.05) is 18.9 Å². The fourth-order valence-corrected chi connectivity index (χ4v) is 3.56. The first-order valence-corrected chi connectivity index (χ1v) is 11.7. The van der Waals surface area contributed by atoms with Crippen LogP contribution in [0.2, 0.25) is 0 Å². The van der Waals surface area contributed by atoms with Crippen molar-refractivity contribution in [2.75, 3.05) is 19.8 Å². The summed E-state index contributed by atoms with van der Waals surface area (Å²) in [6, 6.07) is 0. The second-order valence-corrected chi connectivity index (χ2v) is 8.10. The van der Waals surface area contributed by atoms with Crippen LogP contribution < -0.4 is 0 Å². The molecule has 1 saturated heterocycles. The third-order valence-electron chi connectivity index (χ3n) is 5.38. The van der Waals surface area contributed by atoms with Crippen LogP contribution in [-0.4, -0.2) is 25.8 Å². The molecule has 0 amide bonds. The lowest BCUT2D eigenvalue weighted by Gasteiger charge is -2.21. The van der Waals surface area contributed by atoms with Gasteiger partial charge in [-0.1, -0.05) is 70.4 Å². The minimum absolute atomic E-state index is 0.0294. The molecule has 0 aliphatic carbocycles. The lowest BCUT2D eigenvalue weighted by Crippen LogP contribution is -2.23. The van der Waals surface area contributed by atoms with Crippen LogP contribution in [0.3, 0.4) is 0 Å².